The number of carbonyl (C=O) groups is 1. The van der Waals surface area contributed by atoms with E-state index in [0.717, 1.165) is 6.07 Å². The molecule has 0 fully saturated rings. The molecule has 1 unspecified atom stereocenters. The average molecular weight is 271 g/mol. The molecule has 0 aliphatic carbocycles. The maximum absolute atomic E-state index is 13.5. The first-order valence-corrected chi connectivity index (χ1v) is 6.38. The smallest absolute Gasteiger partial charge is 0.305 e. The fourth-order valence-corrected chi connectivity index (χ4v) is 1.75. The first kappa shape index (κ1) is 15.6. The number of benzene rings is 1. The van der Waals surface area contributed by atoms with Crippen LogP contribution in [-0.2, 0) is 9.53 Å². The van der Waals surface area contributed by atoms with Gasteiger partial charge in [-0.25, -0.2) is 8.78 Å². The standard InChI is InChI=1S/C14H19F2NO2/c1-3-19-14(18)5-4-8-17-10(2)12-7-6-11(15)9-13(12)16/h6-7,9-10,17H,3-5,8H2,1-2H3. The van der Waals surface area contributed by atoms with Crippen molar-refractivity contribution in [2.75, 3.05) is 13.2 Å². The van der Waals surface area contributed by atoms with Crippen molar-refractivity contribution < 1.29 is 18.3 Å². The lowest BCUT2D eigenvalue weighted by atomic mass is 10.1. The molecule has 1 aromatic rings. The summed E-state index contributed by atoms with van der Waals surface area (Å²) in [5, 5.41) is 3.09. The van der Waals surface area contributed by atoms with Gasteiger partial charge in [-0.1, -0.05) is 6.07 Å². The number of nitrogens with one attached hydrogen (secondary N) is 1. The molecule has 0 bridgehead atoms. The molecule has 0 aliphatic rings. The Morgan fingerprint density at radius 3 is 2.79 bits per heavy atom. The molecule has 0 radical (unpaired) electrons. The Morgan fingerprint density at radius 1 is 1.42 bits per heavy atom. The number of esters is 1. The third kappa shape index (κ3) is 5.34. The van der Waals surface area contributed by atoms with Crippen LogP contribution in [0.1, 0.15) is 38.3 Å². The number of halogens is 2. The van der Waals surface area contributed by atoms with E-state index in [9.17, 15) is 13.6 Å². The molecular weight excluding hydrogens is 252 g/mol. The highest BCUT2D eigenvalue weighted by Crippen LogP contribution is 2.17. The third-order valence-corrected chi connectivity index (χ3v) is 2.74. The van der Waals surface area contributed by atoms with E-state index < -0.39 is 11.6 Å². The first-order chi connectivity index (χ1) is 9.04. The quantitative estimate of drug-likeness (QED) is 0.612. The molecule has 0 saturated carbocycles. The number of rotatable bonds is 7. The zero-order chi connectivity index (χ0) is 14.3. The van der Waals surface area contributed by atoms with E-state index in [1.54, 1.807) is 13.8 Å². The lowest BCUT2D eigenvalue weighted by Gasteiger charge is -2.14. The minimum Gasteiger partial charge on any atom is -0.466 e. The van der Waals surface area contributed by atoms with E-state index >= 15 is 0 Å². The van der Waals surface area contributed by atoms with Crippen molar-refractivity contribution in [2.24, 2.45) is 0 Å². The molecule has 0 aromatic heterocycles. The van der Waals surface area contributed by atoms with Crippen LogP contribution in [0.2, 0.25) is 0 Å². The maximum Gasteiger partial charge on any atom is 0.305 e. The minimum absolute atomic E-state index is 0.232. The van der Waals surface area contributed by atoms with Crippen molar-refractivity contribution in [1.82, 2.24) is 5.32 Å². The molecule has 1 atom stereocenters. The molecule has 0 amide bonds. The molecule has 0 spiro atoms. The van der Waals surface area contributed by atoms with Crippen LogP contribution < -0.4 is 5.32 Å². The third-order valence-electron chi connectivity index (χ3n) is 2.74. The van der Waals surface area contributed by atoms with Crippen LogP contribution in [-0.4, -0.2) is 19.1 Å². The van der Waals surface area contributed by atoms with E-state index in [1.165, 1.54) is 12.1 Å². The van der Waals surface area contributed by atoms with E-state index in [2.05, 4.69) is 5.32 Å². The summed E-state index contributed by atoms with van der Waals surface area (Å²) in [5.74, 6) is -1.38. The summed E-state index contributed by atoms with van der Waals surface area (Å²) in [7, 11) is 0. The molecule has 5 heteroatoms. The van der Waals surface area contributed by atoms with E-state index in [-0.39, 0.29) is 12.0 Å². The molecule has 3 nitrogen and oxygen atoms in total. The molecule has 1 aromatic carbocycles. The van der Waals surface area contributed by atoms with Crippen LogP contribution in [0, 0.1) is 11.6 Å². The number of hydrogen-bond donors (Lipinski definition) is 1. The van der Waals surface area contributed by atoms with Gasteiger partial charge in [0, 0.05) is 24.1 Å². The van der Waals surface area contributed by atoms with Gasteiger partial charge in [0.2, 0.25) is 0 Å². The van der Waals surface area contributed by atoms with Crippen molar-refractivity contribution in [2.45, 2.75) is 32.7 Å². The van der Waals surface area contributed by atoms with Gasteiger partial charge in [-0.3, -0.25) is 4.79 Å². The van der Waals surface area contributed by atoms with Gasteiger partial charge in [-0.2, -0.15) is 0 Å². The van der Waals surface area contributed by atoms with Crippen LogP contribution in [0.4, 0.5) is 8.78 Å². The number of hydrogen-bond acceptors (Lipinski definition) is 3. The number of carbonyl (C=O) groups excluding carboxylic acids is 1. The Hall–Kier alpha value is -1.49. The SMILES string of the molecule is CCOC(=O)CCCNC(C)c1ccc(F)cc1F. The Bertz CT molecular complexity index is 424. The zero-order valence-corrected chi connectivity index (χ0v) is 11.2. The molecular formula is C14H19F2NO2. The summed E-state index contributed by atoms with van der Waals surface area (Å²) in [6.07, 6.45) is 0.950. The van der Waals surface area contributed by atoms with Crippen molar-refractivity contribution >= 4 is 5.97 Å². The molecule has 0 saturated heterocycles. The van der Waals surface area contributed by atoms with Gasteiger partial charge in [-0.05, 0) is 32.9 Å². The van der Waals surface area contributed by atoms with E-state index in [4.69, 9.17) is 4.74 Å². The number of ether oxygens (including phenoxy) is 1. The summed E-state index contributed by atoms with van der Waals surface area (Å²) in [5.41, 5.74) is 0.414. The van der Waals surface area contributed by atoms with Crippen LogP contribution in [0.3, 0.4) is 0 Å². The molecule has 1 N–H and O–H groups in total. The van der Waals surface area contributed by atoms with Gasteiger partial charge in [0.15, 0.2) is 0 Å². The monoisotopic (exact) mass is 271 g/mol. The van der Waals surface area contributed by atoms with Crippen LogP contribution in [0.15, 0.2) is 18.2 Å². The molecule has 1 rings (SSSR count). The Kier molecular flexibility index (Phi) is 6.42. The maximum atomic E-state index is 13.5. The lowest BCUT2D eigenvalue weighted by molar-refractivity contribution is -0.143. The molecule has 0 aliphatic heterocycles. The van der Waals surface area contributed by atoms with Crippen LogP contribution in [0.25, 0.3) is 0 Å². The fraction of sp³-hybridized carbons (Fsp3) is 0.500. The Labute approximate surface area is 112 Å². The predicted octanol–water partition coefficient (Wildman–Crippen LogP) is 2.96. The molecule has 19 heavy (non-hydrogen) atoms. The molecule has 106 valence electrons. The van der Waals surface area contributed by atoms with Gasteiger partial charge in [0.25, 0.3) is 0 Å². The second kappa shape index (κ2) is 7.84. The van der Waals surface area contributed by atoms with Crippen LogP contribution in [0.5, 0.6) is 0 Å². The summed E-state index contributed by atoms with van der Waals surface area (Å²) in [6, 6.07) is 3.29. The van der Waals surface area contributed by atoms with Gasteiger partial charge >= 0.3 is 5.97 Å². The van der Waals surface area contributed by atoms with Crippen molar-refractivity contribution in [3.05, 3.63) is 35.4 Å². The van der Waals surface area contributed by atoms with E-state index in [1.807, 2.05) is 0 Å². The Morgan fingerprint density at radius 2 is 2.16 bits per heavy atom. The van der Waals surface area contributed by atoms with Gasteiger partial charge in [-0.15, -0.1) is 0 Å². The second-order valence-electron chi connectivity index (χ2n) is 4.25. The highest BCUT2D eigenvalue weighted by atomic mass is 19.1. The Balaban J connectivity index is 2.35. The second-order valence-corrected chi connectivity index (χ2v) is 4.25. The van der Waals surface area contributed by atoms with Crippen molar-refractivity contribution in [3.8, 4) is 0 Å². The summed E-state index contributed by atoms with van der Waals surface area (Å²) >= 11 is 0. The van der Waals surface area contributed by atoms with Crippen molar-refractivity contribution in [1.29, 1.82) is 0 Å². The van der Waals surface area contributed by atoms with Crippen molar-refractivity contribution in [3.63, 3.8) is 0 Å². The highest BCUT2D eigenvalue weighted by molar-refractivity contribution is 5.69. The summed E-state index contributed by atoms with van der Waals surface area (Å²) < 4.78 is 31.0. The highest BCUT2D eigenvalue weighted by Gasteiger charge is 2.11. The summed E-state index contributed by atoms with van der Waals surface area (Å²) in [4.78, 5) is 11.1. The van der Waals surface area contributed by atoms with Gasteiger partial charge in [0.05, 0.1) is 6.61 Å². The molecule has 0 heterocycles. The lowest BCUT2D eigenvalue weighted by Crippen LogP contribution is -2.21. The fourth-order valence-electron chi connectivity index (χ4n) is 1.75. The van der Waals surface area contributed by atoms with Gasteiger partial charge in [0.1, 0.15) is 11.6 Å². The summed E-state index contributed by atoms with van der Waals surface area (Å²) in [6.45, 7) is 4.50. The van der Waals surface area contributed by atoms with Crippen LogP contribution >= 0.6 is 0 Å². The zero-order valence-electron chi connectivity index (χ0n) is 11.2. The largest absolute Gasteiger partial charge is 0.466 e. The van der Waals surface area contributed by atoms with E-state index in [0.29, 0.717) is 31.6 Å². The first-order valence-electron chi connectivity index (χ1n) is 6.38. The average Bonchev–Trinajstić information content (AvgIpc) is 2.34. The minimum atomic E-state index is -0.587. The van der Waals surface area contributed by atoms with Gasteiger partial charge < -0.3 is 10.1 Å². The normalized spacial score (nSPS) is 12.2. The topological polar surface area (TPSA) is 38.3 Å². The predicted molar refractivity (Wildman–Crippen MR) is 68.6 cm³/mol.